The maximum Gasteiger partial charge on any atom is 0.417 e. The van der Waals surface area contributed by atoms with Crippen molar-refractivity contribution in [3.63, 3.8) is 0 Å². The number of benzene rings is 1. The molecule has 2 rings (SSSR count). The van der Waals surface area contributed by atoms with Gasteiger partial charge in [0.05, 0.1) is 5.56 Å². The Morgan fingerprint density at radius 1 is 1.29 bits per heavy atom. The van der Waals surface area contributed by atoms with Crippen LogP contribution in [0.25, 0.3) is 0 Å². The molecular formula is C16H20F3NO. The second kappa shape index (κ2) is 5.70. The lowest BCUT2D eigenvalue weighted by atomic mass is 9.82. The summed E-state index contributed by atoms with van der Waals surface area (Å²) in [5, 5.41) is 0. The SMILES string of the molecule is CCC1(CC)CCN(c2ccc(C=O)c(C(F)(F)F)c2)C1. The fraction of sp³-hybridized carbons (Fsp3) is 0.562. The van der Waals surface area contributed by atoms with Crippen molar-refractivity contribution >= 4 is 12.0 Å². The number of alkyl halides is 3. The lowest BCUT2D eigenvalue weighted by Crippen LogP contribution is -2.26. The van der Waals surface area contributed by atoms with E-state index in [1.165, 1.54) is 6.07 Å². The number of anilines is 1. The molecule has 2 nitrogen and oxygen atoms in total. The van der Waals surface area contributed by atoms with Crippen molar-refractivity contribution in [3.05, 3.63) is 29.3 Å². The van der Waals surface area contributed by atoms with E-state index in [1.807, 2.05) is 4.90 Å². The van der Waals surface area contributed by atoms with Crippen LogP contribution in [-0.4, -0.2) is 19.4 Å². The summed E-state index contributed by atoms with van der Waals surface area (Å²) in [7, 11) is 0. The first-order chi connectivity index (χ1) is 9.85. The molecule has 0 aliphatic carbocycles. The third kappa shape index (κ3) is 3.06. The molecule has 0 unspecified atom stereocenters. The largest absolute Gasteiger partial charge is 0.417 e. The van der Waals surface area contributed by atoms with Gasteiger partial charge in [0.2, 0.25) is 0 Å². The fourth-order valence-electron chi connectivity index (χ4n) is 3.07. The number of hydrogen-bond acceptors (Lipinski definition) is 2. The molecule has 1 aromatic carbocycles. The molecule has 1 aromatic rings. The van der Waals surface area contributed by atoms with E-state index in [4.69, 9.17) is 0 Å². The molecule has 116 valence electrons. The van der Waals surface area contributed by atoms with E-state index in [9.17, 15) is 18.0 Å². The van der Waals surface area contributed by atoms with Crippen LogP contribution in [0.5, 0.6) is 0 Å². The molecule has 0 radical (unpaired) electrons. The molecule has 0 atom stereocenters. The Balaban J connectivity index is 2.32. The van der Waals surface area contributed by atoms with Gasteiger partial charge in [0.25, 0.3) is 0 Å². The van der Waals surface area contributed by atoms with Gasteiger partial charge < -0.3 is 4.90 Å². The zero-order chi connectivity index (χ0) is 15.7. The molecule has 0 bridgehead atoms. The summed E-state index contributed by atoms with van der Waals surface area (Å²) in [6, 6.07) is 3.98. The Bertz CT molecular complexity index is 521. The first kappa shape index (κ1) is 15.9. The van der Waals surface area contributed by atoms with E-state index in [0.29, 0.717) is 5.69 Å². The summed E-state index contributed by atoms with van der Waals surface area (Å²) < 4.78 is 39.0. The van der Waals surface area contributed by atoms with Crippen molar-refractivity contribution < 1.29 is 18.0 Å². The van der Waals surface area contributed by atoms with Crippen LogP contribution in [-0.2, 0) is 6.18 Å². The number of rotatable bonds is 4. The lowest BCUT2D eigenvalue weighted by Gasteiger charge is -2.27. The second-order valence-electron chi connectivity index (χ2n) is 5.77. The van der Waals surface area contributed by atoms with Crippen molar-refractivity contribution in [2.24, 2.45) is 5.41 Å². The van der Waals surface area contributed by atoms with E-state index in [2.05, 4.69) is 13.8 Å². The minimum atomic E-state index is -4.50. The predicted molar refractivity (Wildman–Crippen MR) is 76.7 cm³/mol. The average Bonchev–Trinajstić information content (AvgIpc) is 2.91. The Morgan fingerprint density at radius 3 is 2.43 bits per heavy atom. The number of carbonyl (C=O) groups is 1. The molecule has 1 fully saturated rings. The van der Waals surface area contributed by atoms with Gasteiger partial charge in [-0.15, -0.1) is 0 Å². The van der Waals surface area contributed by atoms with Crippen molar-refractivity contribution in [1.29, 1.82) is 0 Å². The van der Waals surface area contributed by atoms with E-state index < -0.39 is 11.7 Å². The highest BCUT2D eigenvalue weighted by Crippen LogP contribution is 2.40. The summed E-state index contributed by atoms with van der Waals surface area (Å²) in [6.07, 6.45) is -1.19. The summed E-state index contributed by atoms with van der Waals surface area (Å²) >= 11 is 0. The Hall–Kier alpha value is -1.52. The van der Waals surface area contributed by atoms with Crippen LogP contribution < -0.4 is 4.90 Å². The normalized spacial score (nSPS) is 18.0. The highest BCUT2D eigenvalue weighted by molar-refractivity contribution is 5.79. The molecule has 0 N–H and O–H groups in total. The van der Waals surface area contributed by atoms with Crippen LogP contribution in [0.4, 0.5) is 18.9 Å². The zero-order valence-electron chi connectivity index (χ0n) is 12.3. The maximum absolute atomic E-state index is 13.0. The van der Waals surface area contributed by atoms with E-state index in [0.717, 1.165) is 38.4 Å². The van der Waals surface area contributed by atoms with E-state index in [-0.39, 0.29) is 17.3 Å². The van der Waals surface area contributed by atoms with Gasteiger partial charge in [0.1, 0.15) is 0 Å². The van der Waals surface area contributed by atoms with Crippen LogP contribution in [0.15, 0.2) is 18.2 Å². The lowest BCUT2D eigenvalue weighted by molar-refractivity contribution is -0.137. The number of halogens is 3. The van der Waals surface area contributed by atoms with Crippen LogP contribution in [0, 0.1) is 5.41 Å². The van der Waals surface area contributed by atoms with Crippen LogP contribution in [0.3, 0.4) is 0 Å². The maximum atomic E-state index is 13.0. The molecule has 1 aliphatic rings. The monoisotopic (exact) mass is 299 g/mol. The molecular weight excluding hydrogens is 279 g/mol. The molecule has 1 aliphatic heterocycles. The summed E-state index contributed by atoms with van der Waals surface area (Å²) in [5.41, 5.74) is -0.401. The van der Waals surface area contributed by atoms with Gasteiger partial charge in [-0.2, -0.15) is 13.2 Å². The smallest absolute Gasteiger partial charge is 0.371 e. The molecule has 0 aromatic heterocycles. The molecule has 1 saturated heterocycles. The predicted octanol–water partition coefficient (Wildman–Crippen LogP) is 4.53. The molecule has 0 amide bonds. The summed E-state index contributed by atoms with van der Waals surface area (Å²) in [6.45, 7) is 5.80. The van der Waals surface area contributed by atoms with Crippen molar-refractivity contribution in [2.75, 3.05) is 18.0 Å². The van der Waals surface area contributed by atoms with Crippen LogP contribution >= 0.6 is 0 Å². The van der Waals surface area contributed by atoms with Gasteiger partial charge in [0.15, 0.2) is 6.29 Å². The van der Waals surface area contributed by atoms with Crippen LogP contribution in [0.2, 0.25) is 0 Å². The zero-order valence-corrected chi connectivity index (χ0v) is 12.3. The third-order valence-electron chi connectivity index (χ3n) is 4.77. The average molecular weight is 299 g/mol. The second-order valence-corrected chi connectivity index (χ2v) is 5.77. The van der Waals surface area contributed by atoms with Crippen molar-refractivity contribution in [3.8, 4) is 0 Å². The first-order valence-electron chi connectivity index (χ1n) is 7.26. The Kier molecular flexibility index (Phi) is 4.30. The van der Waals surface area contributed by atoms with E-state index in [1.54, 1.807) is 6.07 Å². The van der Waals surface area contributed by atoms with Gasteiger partial charge in [0, 0.05) is 24.3 Å². The highest BCUT2D eigenvalue weighted by Gasteiger charge is 2.37. The van der Waals surface area contributed by atoms with Crippen LogP contribution in [0.1, 0.15) is 49.0 Å². The molecule has 0 saturated carbocycles. The quantitative estimate of drug-likeness (QED) is 0.761. The van der Waals surface area contributed by atoms with Gasteiger partial charge in [-0.05, 0) is 42.9 Å². The van der Waals surface area contributed by atoms with Crippen molar-refractivity contribution in [2.45, 2.75) is 39.3 Å². The van der Waals surface area contributed by atoms with E-state index >= 15 is 0 Å². The van der Waals surface area contributed by atoms with Gasteiger partial charge in [-0.1, -0.05) is 13.8 Å². The van der Waals surface area contributed by atoms with Gasteiger partial charge in [-0.25, -0.2) is 0 Å². The Labute approximate surface area is 122 Å². The number of aldehydes is 1. The minimum absolute atomic E-state index is 0.196. The molecule has 1 heterocycles. The standard InChI is InChI=1S/C16H20F3NO/c1-3-15(4-2)7-8-20(11-15)13-6-5-12(10-21)14(9-13)16(17,18)19/h5-6,9-10H,3-4,7-8,11H2,1-2H3. The topological polar surface area (TPSA) is 20.3 Å². The highest BCUT2D eigenvalue weighted by atomic mass is 19.4. The van der Waals surface area contributed by atoms with Gasteiger partial charge in [-0.3, -0.25) is 4.79 Å². The Morgan fingerprint density at radius 2 is 1.95 bits per heavy atom. The minimum Gasteiger partial charge on any atom is -0.371 e. The molecule has 5 heteroatoms. The fourth-order valence-corrected chi connectivity index (χ4v) is 3.07. The van der Waals surface area contributed by atoms with Gasteiger partial charge >= 0.3 is 6.18 Å². The molecule has 21 heavy (non-hydrogen) atoms. The number of carbonyl (C=O) groups excluding carboxylic acids is 1. The first-order valence-corrected chi connectivity index (χ1v) is 7.26. The number of hydrogen-bond donors (Lipinski definition) is 0. The number of nitrogens with zero attached hydrogens (tertiary/aromatic N) is 1. The summed E-state index contributed by atoms with van der Waals surface area (Å²) in [4.78, 5) is 12.8. The third-order valence-corrected chi connectivity index (χ3v) is 4.77. The summed E-state index contributed by atoms with van der Waals surface area (Å²) in [5.74, 6) is 0. The van der Waals surface area contributed by atoms with Crippen molar-refractivity contribution in [1.82, 2.24) is 0 Å². The molecule has 0 spiro atoms.